The van der Waals surface area contributed by atoms with E-state index in [1.807, 2.05) is 24.3 Å². The SMILES string of the molecule is C#CC(C=Cc1ccc(OC)cc1)N(CCCC)CCCC. The minimum Gasteiger partial charge on any atom is -0.497 e. The molecule has 0 N–H and O–H groups in total. The van der Waals surface area contributed by atoms with E-state index >= 15 is 0 Å². The third-order valence-electron chi connectivity index (χ3n) is 3.75. The molecule has 2 heteroatoms. The molecule has 1 atom stereocenters. The highest BCUT2D eigenvalue weighted by atomic mass is 16.5. The lowest BCUT2D eigenvalue weighted by molar-refractivity contribution is 0.257. The molecule has 0 amide bonds. The number of unbranched alkanes of at least 4 members (excludes halogenated alkanes) is 2. The lowest BCUT2D eigenvalue weighted by Gasteiger charge is -2.26. The van der Waals surface area contributed by atoms with E-state index in [1.54, 1.807) is 7.11 Å². The third kappa shape index (κ3) is 6.37. The zero-order valence-electron chi connectivity index (χ0n) is 14.2. The van der Waals surface area contributed by atoms with Crippen LogP contribution in [0.3, 0.4) is 0 Å². The number of benzene rings is 1. The van der Waals surface area contributed by atoms with Gasteiger partial charge in [-0.25, -0.2) is 0 Å². The molecule has 0 heterocycles. The molecular weight excluding hydrogens is 270 g/mol. The van der Waals surface area contributed by atoms with Crippen LogP contribution in [-0.4, -0.2) is 31.1 Å². The van der Waals surface area contributed by atoms with Gasteiger partial charge >= 0.3 is 0 Å². The number of hydrogen-bond acceptors (Lipinski definition) is 2. The van der Waals surface area contributed by atoms with Crippen molar-refractivity contribution in [2.75, 3.05) is 20.2 Å². The van der Waals surface area contributed by atoms with Gasteiger partial charge < -0.3 is 4.74 Å². The quantitative estimate of drug-likeness (QED) is 0.585. The lowest BCUT2D eigenvalue weighted by Crippen LogP contribution is -2.34. The van der Waals surface area contributed by atoms with Crippen molar-refractivity contribution in [3.8, 4) is 18.1 Å². The molecule has 0 saturated heterocycles. The van der Waals surface area contributed by atoms with Crippen molar-refractivity contribution in [2.24, 2.45) is 0 Å². The Morgan fingerprint density at radius 1 is 1.14 bits per heavy atom. The number of terminal acetylenes is 1. The molecule has 120 valence electrons. The Labute approximate surface area is 136 Å². The summed E-state index contributed by atoms with van der Waals surface area (Å²) in [5, 5.41) is 0. The first-order valence-electron chi connectivity index (χ1n) is 8.27. The van der Waals surface area contributed by atoms with Gasteiger partial charge in [0.25, 0.3) is 0 Å². The maximum absolute atomic E-state index is 5.76. The molecule has 0 aliphatic heterocycles. The first-order valence-corrected chi connectivity index (χ1v) is 8.27. The van der Waals surface area contributed by atoms with Crippen LogP contribution in [0.4, 0.5) is 0 Å². The predicted molar refractivity (Wildman–Crippen MR) is 96.0 cm³/mol. The Hall–Kier alpha value is -1.72. The Kier molecular flexibility index (Phi) is 9.11. The molecular formula is C20H29NO. The molecule has 1 aromatic rings. The van der Waals surface area contributed by atoms with Crippen molar-refractivity contribution in [1.29, 1.82) is 0 Å². The minimum absolute atomic E-state index is 0.0696. The highest BCUT2D eigenvalue weighted by molar-refractivity contribution is 5.52. The molecule has 0 aliphatic rings. The van der Waals surface area contributed by atoms with E-state index in [1.165, 1.54) is 25.7 Å². The topological polar surface area (TPSA) is 12.5 Å². The highest BCUT2D eigenvalue weighted by Crippen LogP contribution is 2.14. The van der Waals surface area contributed by atoms with E-state index in [9.17, 15) is 0 Å². The maximum atomic E-state index is 5.76. The van der Waals surface area contributed by atoms with Gasteiger partial charge in [0.2, 0.25) is 0 Å². The maximum Gasteiger partial charge on any atom is 0.118 e. The van der Waals surface area contributed by atoms with Crippen LogP contribution < -0.4 is 4.74 Å². The zero-order chi connectivity index (χ0) is 16.2. The molecule has 0 aliphatic carbocycles. The molecule has 0 fully saturated rings. The molecule has 0 aromatic heterocycles. The fraction of sp³-hybridized carbons (Fsp3) is 0.500. The summed E-state index contributed by atoms with van der Waals surface area (Å²) in [7, 11) is 1.68. The van der Waals surface area contributed by atoms with Gasteiger partial charge in [-0.1, -0.05) is 56.9 Å². The monoisotopic (exact) mass is 299 g/mol. The van der Waals surface area contributed by atoms with E-state index in [-0.39, 0.29) is 6.04 Å². The van der Waals surface area contributed by atoms with Crippen molar-refractivity contribution in [3.63, 3.8) is 0 Å². The normalized spacial score (nSPS) is 12.5. The average molecular weight is 299 g/mol. The van der Waals surface area contributed by atoms with Crippen LogP contribution in [0.15, 0.2) is 30.3 Å². The Bertz CT molecular complexity index is 461. The molecule has 0 radical (unpaired) electrons. The smallest absolute Gasteiger partial charge is 0.118 e. The van der Waals surface area contributed by atoms with Gasteiger partial charge in [-0.2, -0.15) is 0 Å². The molecule has 0 spiro atoms. The third-order valence-corrected chi connectivity index (χ3v) is 3.75. The fourth-order valence-corrected chi connectivity index (χ4v) is 2.31. The van der Waals surface area contributed by atoms with Crippen LogP contribution in [0.25, 0.3) is 6.08 Å². The predicted octanol–water partition coefficient (Wildman–Crippen LogP) is 4.61. The summed E-state index contributed by atoms with van der Waals surface area (Å²) in [6.07, 6.45) is 14.8. The van der Waals surface area contributed by atoms with Crippen LogP contribution >= 0.6 is 0 Å². The second kappa shape index (κ2) is 10.9. The van der Waals surface area contributed by atoms with Gasteiger partial charge in [0.1, 0.15) is 5.75 Å². The first kappa shape index (κ1) is 18.3. The molecule has 1 unspecified atom stereocenters. The summed E-state index contributed by atoms with van der Waals surface area (Å²) in [6, 6.07) is 8.10. The molecule has 1 rings (SSSR count). The second-order valence-electron chi connectivity index (χ2n) is 5.49. The summed E-state index contributed by atoms with van der Waals surface area (Å²) in [6.45, 7) is 6.57. The van der Waals surface area contributed by atoms with Crippen LogP contribution in [0, 0.1) is 12.3 Å². The Morgan fingerprint density at radius 3 is 2.18 bits per heavy atom. The second-order valence-corrected chi connectivity index (χ2v) is 5.49. The summed E-state index contributed by atoms with van der Waals surface area (Å²) < 4.78 is 5.18. The number of nitrogens with zero attached hydrogens (tertiary/aromatic N) is 1. The van der Waals surface area contributed by atoms with Gasteiger partial charge in [0.15, 0.2) is 0 Å². The van der Waals surface area contributed by atoms with Crippen molar-refractivity contribution < 1.29 is 4.74 Å². The number of ether oxygens (including phenoxy) is 1. The lowest BCUT2D eigenvalue weighted by atomic mass is 10.1. The van der Waals surface area contributed by atoms with E-state index in [0.717, 1.165) is 24.4 Å². The Morgan fingerprint density at radius 2 is 1.73 bits per heavy atom. The summed E-state index contributed by atoms with van der Waals surface area (Å²) in [5.41, 5.74) is 1.15. The Balaban J connectivity index is 2.73. The zero-order valence-corrected chi connectivity index (χ0v) is 14.2. The van der Waals surface area contributed by atoms with Crippen molar-refractivity contribution in [3.05, 3.63) is 35.9 Å². The van der Waals surface area contributed by atoms with Gasteiger partial charge in [0.05, 0.1) is 13.2 Å². The number of methoxy groups -OCH3 is 1. The first-order chi connectivity index (χ1) is 10.7. The summed E-state index contributed by atoms with van der Waals surface area (Å²) >= 11 is 0. The average Bonchev–Trinajstić information content (AvgIpc) is 2.57. The van der Waals surface area contributed by atoms with Crippen molar-refractivity contribution >= 4 is 6.08 Å². The standard InChI is InChI=1S/C20H29NO/c1-5-8-16-21(17-9-6-2)19(7-3)13-10-18-11-14-20(22-4)15-12-18/h3,10-15,19H,5-6,8-9,16-17H2,1-2,4H3. The van der Waals surface area contributed by atoms with Crippen LogP contribution in [0.1, 0.15) is 45.1 Å². The summed E-state index contributed by atoms with van der Waals surface area (Å²) in [4.78, 5) is 2.41. The number of hydrogen-bond donors (Lipinski definition) is 0. The summed E-state index contributed by atoms with van der Waals surface area (Å²) in [5.74, 6) is 3.80. The van der Waals surface area contributed by atoms with Crippen molar-refractivity contribution in [2.45, 2.75) is 45.6 Å². The van der Waals surface area contributed by atoms with Crippen LogP contribution in [-0.2, 0) is 0 Å². The van der Waals surface area contributed by atoms with E-state index in [0.29, 0.717) is 0 Å². The minimum atomic E-state index is 0.0696. The molecule has 0 bridgehead atoms. The number of rotatable bonds is 10. The van der Waals surface area contributed by atoms with Gasteiger partial charge in [-0.05, 0) is 43.6 Å². The van der Waals surface area contributed by atoms with Gasteiger partial charge in [-0.3, -0.25) is 4.90 Å². The molecule has 22 heavy (non-hydrogen) atoms. The molecule has 0 saturated carbocycles. The van der Waals surface area contributed by atoms with Crippen LogP contribution in [0.2, 0.25) is 0 Å². The van der Waals surface area contributed by atoms with E-state index in [4.69, 9.17) is 11.2 Å². The van der Waals surface area contributed by atoms with Crippen molar-refractivity contribution in [1.82, 2.24) is 4.90 Å². The molecule has 2 nitrogen and oxygen atoms in total. The fourth-order valence-electron chi connectivity index (χ4n) is 2.31. The van der Waals surface area contributed by atoms with Crippen LogP contribution in [0.5, 0.6) is 5.75 Å². The van der Waals surface area contributed by atoms with Gasteiger partial charge in [-0.15, -0.1) is 6.42 Å². The van der Waals surface area contributed by atoms with Gasteiger partial charge in [0, 0.05) is 0 Å². The largest absolute Gasteiger partial charge is 0.497 e. The molecule has 1 aromatic carbocycles. The van der Waals surface area contributed by atoms with E-state index < -0.39 is 0 Å². The van der Waals surface area contributed by atoms with E-state index in [2.05, 4.69) is 36.8 Å². The highest BCUT2D eigenvalue weighted by Gasteiger charge is 2.12.